The molecular formula is C24H24N4O3. The molecule has 1 aromatic carbocycles. The highest BCUT2D eigenvalue weighted by Gasteiger charge is 2.34. The highest BCUT2D eigenvalue weighted by atomic mass is 16.7. The first-order valence-corrected chi connectivity index (χ1v) is 10.4. The number of rotatable bonds is 4. The largest absolute Gasteiger partial charge is 0.454 e. The third-order valence-electron chi connectivity index (χ3n) is 5.75. The lowest BCUT2D eigenvalue weighted by Crippen LogP contribution is -2.37. The highest BCUT2D eigenvalue weighted by molar-refractivity contribution is 5.79. The fraction of sp³-hybridized carbons (Fsp3) is 0.333. The Hall–Kier alpha value is -3.48. The summed E-state index contributed by atoms with van der Waals surface area (Å²) in [5, 5.41) is 3.21. The smallest absolute Gasteiger partial charge is 0.231 e. The first-order valence-electron chi connectivity index (χ1n) is 10.4. The van der Waals surface area contributed by atoms with Gasteiger partial charge in [0.2, 0.25) is 12.7 Å². The lowest BCUT2D eigenvalue weighted by Gasteiger charge is -2.36. The van der Waals surface area contributed by atoms with Crippen molar-refractivity contribution in [2.75, 3.05) is 6.79 Å². The molecule has 7 nitrogen and oxygen atoms in total. The summed E-state index contributed by atoms with van der Waals surface area (Å²) in [5.41, 5.74) is 3.83. The number of nitrogens with zero attached hydrogens (tertiary/aromatic N) is 3. The molecule has 7 heteroatoms. The molecule has 31 heavy (non-hydrogen) atoms. The van der Waals surface area contributed by atoms with Gasteiger partial charge in [-0.3, -0.25) is 9.78 Å². The molecule has 1 atom stereocenters. The minimum Gasteiger partial charge on any atom is -0.454 e. The van der Waals surface area contributed by atoms with Crippen molar-refractivity contribution >= 4 is 5.91 Å². The third kappa shape index (κ3) is 4.08. The van der Waals surface area contributed by atoms with Gasteiger partial charge in [0.05, 0.1) is 18.2 Å². The summed E-state index contributed by atoms with van der Waals surface area (Å²) in [6.07, 6.45) is 7.29. The number of nitrogens with one attached hydrogen (secondary N) is 1. The Balaban J connectivity index is 1.36. The van der Waals surface area contributed by atoms with Gasteiger partial charge in [-0.15, -0.1) is 0 Å². The fourth-order valence-corrected chi connectivity index (χ4v) is 4.30. The first-order chi connectivity index (χ1) is 15.0. The number of carbonyl (C=O) groups is 1. The van der Waals surface area contributed by atoms with Gasteiger partial charge in [0.15, 0.2) is 17.3 Å². The maximum Gasteiger partial charge on any atom is 0.231 e. The van der Waals surface area contributed by atoms with Gasteiger partial charge >= 0.3 is 0 Å². The van der Waals surface area contributed by atoms with Crippen LogP contribution in [0.2, 0.25) is 0 Å². The van der Waals surface area contributed by atoms with Gasteiger partial charge in [-0.25, -0.2) is 9.97 Å². The summed E-state index contributed by atoms with van der Waals surface area (Å²) in [5.74, 6) is 2.05. The molecule has 2 aliphatic rings. The van der Waals surface area contributed by atoms with Crippen LogP contribution in [-0.4, -0.2) is 27.7 Å². The first kappa shape index (κ1) is 19.5. The summed E-state index contributed by atoms with van der Waals surface area (Å²) in [6.45, 7) is 4.64. The molecule has 0 fully saturated rings. The topological polar surface area (TPSA) is 86.2 Å². The van der Waals surface area contributed by atoms with Crippen LogP contribution < -0.4 is 14.8 Å². The van der Waals surface area contributed by atoms with E-state index in [2.05, 4.69) is 29.1 Å². The van der Waals surface area contributed by atoms with Gasteiger partial charge in [-0.1, -0.05) is 19.9 Å². The van der Waals surface area contributed by atoms with E-state index >= 15 is 0 Å². The average Bonchev–Trinajstić information content (AvgIpc) is 3.21. The quantitative estimate of drug-likeness (QED) is 0.699. The van der Waals surface area contributed by atoms with Crippen LogP contribution in [0.1, 0.15) is 43.1 Å². The minimum absolute atomic E-state index is 0.0214. The molecule has 1 amide bonds. The molecule has 1 N–H and O–H groups in total. The molecule has 0 spiro atoms. The number of hydrogen-bond donors (Lipinski definition) is 1. The van der Waals surface area contributed by atoms with Gasteiger partial charge in [0.25, 0.3) is 0 Å². The summed E-state index contributed by atoms with van der Waals surface area (Å²) >= 11 is 0. The summed E-state index contributed by atoms with van der Waals surface area (Å²) in [7, 11) is 0. The number of amides is 1. The predicted molar refractivity (Wildman–Crippen MR) is 115 cm³/mol. The average molecular weight is 416 g/mol. The zero-order valence-electron chi connectivity index (χ0n) is 17.6. The predicted octanol–water partition coefficient (Wildman–Crippen LogP) is 3.64. The van der Waals surface area contributed by atoms with Crippen LogP contribution in [-0.2, 0) is 17.6 Å². The second kappa shape index (κ2) is 7.65. The van der Waals surface area contributed by atoms with Crippen molar-refractivity contribution in [1.29, 1.82) is 0 Å². The number of fused-ring (bicyclic) bond motifs is 2. The van der Waals surface area contributed by atoms with E-state index in [0.29, 0.717) is 17.3 Å². The zero-order valence-corrected chi connectivity index (χ0v) is 17.6. The molecule has 0 saturated heterocycles. The molecule has 3 heterocycles. The van der Waals surface area contributed by atoms with E-state index in [1.54, 1.807) is 12.4 Å². The van der Waals surface area contributed by atoms with E-state index in [4.69, 9.17) is 14.5 Å². The van der Waals surface area contributed by atoms with E-state index in [9.17, 15) is 4.79 Å². The normalized spacial score (nSPS) is 18.3. The third-order valence-corrected chi connectivity index (χ3v) is 5.75. The standard InChI is InChI=1S/C24H24N4O3/c1-24(2)11-18(27-22(29)10-15-3-4-20-21(9-15)31-14-30-20)17-13-26-23(28-19(17)12-24)16-5-7-25-8-6-16/h3-9,13,18H,10-12,14H2,1-2H3,(H,27,29)/t18-/m0/s1. The van der Waals surface area contributed by atoms with Crippen molar-refractivity contribution in [2.45, 2.75) is 39.2 Å². The molecule has 0 unspecified atom stereocenters. The van der Waals surface area contributed by atoms with E-state index in [-0.39, 0.29) is 30.6 Å². The molecule has 2 aromatic heterocycles. The van der Waals surface area contributed by atoms with Crippen molar-refractivity contribution in [3.8, 4) is 22.9 Å². The summed E-state index contributed by atoms with van der Waals surface area (Å²) < 4.78 is 10.8. The van der Waals surface area contributed by atoms with Gasteiger partial charge < -0.3 is 14.8 Å². The fourth-order valence-electron chi connectivity index (χ4n) is 4.30. The van der Waals surface area contributed by atoms with Crippen LogP contribution in [0.25, 0.3) is 11.4 Å². The van der Waals surface area contributed by atoms with Crippen molar-refractivity contribution in [1.82, 2.24) is 20.3 Å². The Labute approximate surface area is 180 Å². The second-order valence-corrected chi connectivity index (χ2v) is 8.86. The van der Waals surface area contributed by atoms with Crippen LogP contribution >= 0.6 is 0 Å². The minimum atomic E-state index is -0.119. The molecule has 5 rings (SSSR count). The van der Waals surface area contributed by atoms with Crippen LogP contribution in [0.5, 0.6) is 11.5 Å². The molecule has 1 aliphatic carbocycles. The second-order valence-electron chi connectivity index (χ2n) is 8.86. The van der Waals surface area contributed by atoms with Gasteiger partial charge in [-0.2, -0.15) is 0 Å². The van der Waals surface area contributed by atoms with Crippen LogP contribution in [0.3, 0.4) is 0 Å². The van der Waals surface area contributed by atoms with Crippen LogP contribution in [0.15, 0.2) is 48.9 Å². The maximum atomic E-state index is 12.9. The maximum absolute atomic E-state index is 12.9. The Morgan fingerprint density at radius 1 is 1.16 bits per heavy atom. The van der Waals surface area contributed by atoms with E-state index < -0.39 is 0 Å². The SMILES string of the molecule is CC1(C)Cc2nc(-c3ccncc3)ncc2[C@@H](NC(=O)Cc2ccc3c(c2)OCO3)C1. The monoisotopic (exact) mass is 416 g/mol. The number of hydrogen-bond acceptors (Lipinski definition) is 6. The number of benzene rings is 1. The van der Waals surface area contributed by atoms with Crippen molar-refractivity contribution in [2.24, 2.45) is 5.41 Å². The molecule has 0 radical (unpaired) electrons. The molecule has 0 bridgehead atoms. The Kier molecular flexibility index (Phi) is 4.81. The van der Waals surface area contributed by atoms with Crippen molar-refractivity contribution in [3.05, 3.63) is 65.7 Å². The number of aromatic nitrogens is 3. The van der Waals surface area contributed by atoms with E-state index in [1.165, 1.54) is 0 Å². The Morgan fingerprint density at radius 3 is 2.81 bits per heavy atom. The van der Waals surface area contributed by atoms with Gasteiger partial charge in [-0.05, 0) is 48.1 Å². The molecule has 0 saturated carbocycles. The van der Waals surface area contributed by atoms with E-state index in [1.807, 2.05) is 36.5 Å². The molecule has 1 aliphatic heterocycles. The van der Waals surface area contributed by atoms with Gasteiger partial charge in [0, 0.05) is 29.7 Å². The summed E-state index contributed by atoms with van der Waals surface area (Å²) in [6, 6.07) is 9.30. The molecular weight excluding hydrogens is 392 g/mol. The lowest BCUT2D eigenvalue weighted by atomic mass is 9.74. The lowest BCUT2D eigenvalue weighted by molar-refractivity contribution is -0.121. The Morgan fingerprint density at radius 2 is 1.97 bits per heavy atom. The van der Waals surface area contributed by atoms with E-state index in [0.717, 1.165) is 35.2 Å². The summed E-state index contributed by atoms with van der Waals surface area (Å²) in [4.78, 5) is 26.3. The number of ether oxygens (including phenoxy) is 2. The van der Waals surface area contributed by atoms with Crippen molar-refractivity contribution in [3.63, 3.8) is 0 Å². The zero-order chi connectivity index (χ0) is 21.4. The van der Waals surface area contributed by atoms with Crippen molar-refractivity contribution < 1.29 is 14.3 Å². The Bertz CT molecular complexity index is 1130. The number of carbonyl (C=O) groups excluding carboxylic acids is 1. The molecule has 3 aromatic rings. The van der Waals surface area contributed by atoms with Crippen LogP contribution in [0.4, 0.5) is 0 Å². The van der Waals surface area contributed by atoms with Crippen LogP contribution in [0, 0.1) is 5.41 Å². The highest BCUT2D eigenvalue weighted by Crippen LogP contribution is 2.40. The molecule has 158 valence electrons. The number of pyridine rings is 1. The van der Waals surface area contributed by atoms with Gasteiger partial charge in [0.1, 0.15) is 0 Å².